The van der Waals surface area contributed by atoms with Crippen LogP contribution in [-0.4, -0.2) is 93.1 Å². The predicted molar refractivity (Wildman–Crippen MR) is 256 cm³/mol. The van der Waals surface area contributed by atoms with Gasteiger partial charge < -0.3 is 45.3 Å². The van der Waals surface area contributed by atoms with E-state index in [1.165, 1.54) is 9.13 Å². The number of nitrogens with zero attached hydrogens (tertiary/aromatic N) is 5. The fraction of sp³-hybridized carbons (Fsp3) is 0.415. The van der Waals surface area contributed by atoms with Crippen LogP contribution in [0.2, 0.25) is 0 Å². The van der Waals surface area contributed by atoms with Crippen molar-refractivity contribution < 1.29 is 44.0 Å². The van der Waals surface area contributed by atoms with Crippen LogP contribution in [0.4, 0.5) is 11.4 Å². The highest BCUT2D eigenvalue weighted by Crippen LogP contribution is 2.59. The second kappa shape index (κ2) is 16.8. The van der Waals surface area contributed by atoms with Crippen LogP contribution in [0.3, 0.4) is 0 Å². The molecule has 8 atom stereocenters. The van der Waals surface area contributed by atoms with E-state index in [0.29, 0.717) is 89.6 Å². The Morgan fingerprint density at radius 2 is 0.957 bits per heavy atom. The molecule has 5 aromatic rings. The van der Waals surface area contributed by atoms with Gasteiger partial charge in [0.1, 0.15) is 24.2 Å². The highest BCUT2D eigenvalue weighted by atomic mass is 16.4. The fourth-order valence-electron chi connectivity index (χ4n) is 12.2. The molecule has 2 aromatic carbocycles. The number of aromatic hydroxyl groups is 4. The van der Waals surface area contributed by atoms with Crippen molar-refractivity contribution in [3.63, 3.8) is 0 Å². The van der Waals surface area contributed by atoms with Crippen LogP contribution in [0.15, 0.2) is 83.4 Å². The summed E-state index contributed by atoms with van der Waals surface area (Å²) in [4.78, 5) is 63.7. The quantitative estimate of drug-likeness (QED) is 0.0657. The van der Waals surface area contributed by atoms with E-state index in [2.05, 4.69) is 15.6 Å². The minimum atomic E-state index is -0.887. The average Bonchev–Trinajstić information content (AvgIpc) is 4.19. The summed E-state index contributed by atoms with van der Waals surface area (Å²) in [5, 5.41) is 51.3. The summed E-state index contributed by atoms with van der Waals surface area (Å²) in [6.45, 7) is 8.27. The maximum Gasteiger partial charge on any atom is 0.247 e. The summed E-state index contributed by atoms with van der Waals surface area (Å²) < 4.78 is 8.89. The molecule has 2 saturated heterocycles. The number of fused-ring (bicyclic) bond motifs is 10. The summed E-state index contributed by atoms with van der Waals surface area (Å²) in [5.41, 5.74) is 5.26. The molecule has 6 unspecified atom stereocenters. The molecule has 6 N–H and O–H groups in total. The van der Waals surface area contributed by atoms with Gasteiger partial charge >= 0.3 is 0 Å². The second-order valence-corrected chi connectivity index (χ2v) is 20.3. The van der Waals surface area contributed by atoms with Crippen molar-refractivity contribution in [2.75, 3.05) is 23.7 Å². The number of anilines is 2. The van der Waals surface area contributed by atoms with Crippen molar-refractivity contribution in [3.05, 3.63) is 101 Å². The van der Waals surface area contributed by atoms with Gasteiger partial charge in [0.15, 0.2) is 29.3 Å². The first kappa shape index (κ1) is 44.3. The molecule has 0 saturated carbocycles. The van der Waals surface area contributed by atoms with E-state index in [0.717, 1.165) is 18.4 Å². The van der Waals surface area contributed by atoms with Crippen LogP contribution in [0.5, 0.6) is 23.5 Å². The molecule has 69 heavy (non-hydrogen) atoms. The van der Waals surface area contributed by atoms with E-state index in [9.17, 15) is 39.6 Å². The molecule has 358 valence electrons. The van der Waals surface area contributed by atoms with E-state index in [4.69, 9.17) is 4.42 Å². The van der Waals surface area contributed by atoms with Crippen molar-refractivity contribution in [1.29, 1.82) is 0 Å². The van der Waals surface area contributed by atoms with E-state index in [-0.39, 0.29) is 82.7 Å². The van der Waals surface area contributed by atoms with Gasteiger partial charge in [0.25, 0.3) is 0 Å². The number of hydrogen-bond donors (Lipinski definition) is 6. The topological polar surface area (TPSA) is 216 Å². The van der Waals surface area contributed by atoms with Crippen LogP contribution < -0.4 is 10.6 Å². The Morgan fingerprint density at radius 3 is 1.33 bits per heavy atom. The third kappa shape index (κ3) is 7.11. The first-order chi connectivity index (χ1) is 33.2. The van der Waals surface area contributed by atoms with Gasteiger partial charge in [-0.05, 0) is 98.9 Å². The number of aromatic nitrogens is 3. The zero-order valence-corrected chi connectivity index (χ0v) is 39.0. The first-order valence-corrected chi connectivity index (χ1v) is 24.3. The summed E-state index contributed by atoms with van der Waals surface area (Å²) >= 11 is 0. The number of rotatable bonds is 12. The van der Waals surface area contributed by atoms with Gasteiger partial charge in [0.2, 0.25) is 29.5 Å². The Morgan fingerprint density at radius 1 is 0.580 bits per heavy atom. The lowest BCUT2D eigenvalue weighted by Gasteiger charge is -2.31. The van der Waals surface area contributed by atoms with E-state index < -0.39 is 24.2 Å². The molecule has 4 amide bonds. The summed E-state index contributed by atoms with van der Waals surface area (Å²) in [5.74, 6) is -1.18. The molecule has 2 aliphatic heterocycles. The Balaban J connectivity index is 0.715. The molecule has 2 fully saturated rings. The normalized spacial score (nSPS) is 23.6. The molecule has 16 heteroatoms. The van der Waals surface area contributed by atoms with Gasteiger partial charge in [-0.1, -0.05) is 52.0 Å². The molecule has 0 spiro atoms. The minimum Gasteiger partial charge on any atom is -0.494 e. The number of carbonyl (C=O) groups is 4. The van der Waals surface area contributed by atoms with E-state index in [1.807, 2.05) is 52.0 Å². The van der Waals surface area contributed by atoms with Gasteiger partial charge in [-0.15, -0.1) is 0 Å². The molecule has 4 aliphatic carbocycles. The number of likely N-dealkylation sites (tertiary alicyclic amines) is 2. The summed E-state index contributed by atoms with van der Waals surface area (Å²) in [7, 11) is 0. The van der Waals surface area contributed by atoms with Crippen molar-refractivity contribution >= 4 is 35.0 Å². The van der Waals surface area contributed by atoms with Crippen LogP contribution >= 0.6 is 0 Å². The number of oxazole rings is 1. The molecular weight excluding hydrogens is 879 g/mol. The number of benzene rings is 2. The zero-order chi connectivity index (χ0) is 48.2. The monoisotopic (exact) mass is 935 g/mol. The molecule has 5 heterocycles. The second-order valence-electron chi connectivity index (χ2n) is 20.3. The average molecular weight is 936 g/mol. The number of carbonyl (C=O) groups excluding carboxylic acids is 4. The van der Waals surface area contributed by atoms with Crippen LogP contribution in [0.1, 0.15) is 124 Å². The highest BCUT2D eigenvalue weighted by Gasteiger charge is 2.48. The SMILES string of the molecule is CC(C)C(C(=O)N1CCCC1C(=O)Nc1ccc(-c2cnc(-c3ccc(NC(=O)[C@@H]4CCCN4C(=O)[C@H](C(C)C)n4c(O)c5c(c4O)C4C=CC5C4)cc3)o2)cc1)n1c(O)c2c(c1O)C1C=CC2C1. The standard InChI is InChI=1S/C53H57N7O9/c1-26(2)43(59-48(63)39-30-9-10-31(23-30)40(39)49(59)64)52(67)57-21-5-7-36(57)45(61)55-34-17-13-28(14-18-34)38-25-54-47(69-38)29-15-19-35(20-16-29)56-46(62)37-8-6-22-58(37)53(68)44(27(3)4)60-50(65)41-32-11-12-33(24-32)42(41)51(60)66/h9-20,25-27,30-33,36-37,43-44,63-66H,5-8,21-24H2,1-4H3,(H,55,61)(H,56,62)/t30?,31?,32?,33?,36?,37-,43?,44-/m0/s1. The molecule has 0 radical (unpaired) electrons. The first-order valence-electron chi connectivity index (χ1n) is 24.3. The Labute approximate surface area is 398 Å². The molecule has 6 aliphatic rings. The lowest BCUT2D eigenvalue weighted by atomic mass is 10.0. The van der Waals surface area contributed by atoms with E-state index >= 15 is 0 Å². The fourth-order valence-corrected chi connectivity index (χ4v) is 12.2. The van der Waals surface area contributed by atoms with Gasteiger partial charge in [-0.3, -0.25) is 28.3 Å². The summed E-state index contributed by atoms with van der Waals surface area (Å²) in [6, 6.07) is 11.0. The minimum absolute atomic E-state index is 0.0187. The smallest absolute Gasteiger partial charge is 0.247 e. The summed E-state index contributed by atoms with van der Waals surface area (Å²) in [6.07, 6.45) is 13.7. The highest BCUT2D eigenvalue weighted by molar-refractivity contribution is 5.99. The molecule has 3 aromatic heterocycles. The molecule has 4 bridgehead atoms. The number of nitrogens with one attached hydrogen (secondary N) is 2. The van der Waals surface area contributed by atoms with E-state index in [1.54, 1.807) is 64.5 Å². The maximum atomic E-state index is 14.3. The number of amides is 4. The predicted octanol–water partition coefficient (Wildman–Crippen LogP) is 8.37. The Kier molecular flexibility index (Phi) is 10.8. The lowest BCUT2D eigenvalue weighted by Crippen LogP contribution is -2.47. The van der Waals surface area contributed by atoms with Crippen molar-refractivity contribution in [2.24, 2.45) is 11.8 Å². The van der Waals surface area contributed by atoms with Crippen LogP contribution in [0, 0.1) is 11.8 Å². The molecule has 16 nitrogen and oxygen atoms in total. The largest absolute Gasteiger partial charge is 0.494 e. The maximum absolute atomic E-state index is 14.3. The third-order valence-electron chi connectivity index (χ3n) is 15.5. The van der Waals surface area contributed by atoms with Gasteiger partial charge in [0.05, 0.1) is 6.20 Å². The van der Waals surface area contributed by atoms with Gasteiger partial charge in [-0.2, -0.15) is 0 Å². The van der Waals surface area contributed by atoms with Crippen molar-refractivity contribution in [3.8, 4) is 46.3 Å². The van der Waals surface area contributed by atoms with Crippen LogP contribution in [0.25, 0.3) is 22.8 Å². The Hall–Kier alpha value is -7.23. The number of hydrogen-bond acceptors (Lipinski definition) is 10. The Bertz CT molecular complexity index is 2690. The molecule has 11 rings (SSSR count). The third-order valence-corrected chi connectivity index (χ3v) is 15.5. The van der Waals surface area contributed by atoms with Crippen molar-refractivity contribution in [1.82, 2.24) is 23.9 Å². The van der Waals surface area contributed by atoms with Gasteiger partial charge in [0, 0.05) is 81.5 Å². The zero-order valence-electron chi connectivity index (χ0n) is 39.0. The van der Waals surface area contributed by atoms with Gasteiger partial charge in [-0.25, -0.2) is 4.98 Å². The van der Waals surface area contributed by atoms with Crippen LogP contribution in [-0.2, 0) is 19.2 Å². The lowest BCUT2D eigenvalue weighted by molar-refractivity contribution is -0.141. The van der Waals surface area contributed by atoms with Crippen molar-refractivity contribution in [2.45, 2.75) is 114 Å². The molecular formula is C53H57N7O9. The number of allylic oxidation sites excluding steroid dienone is 4.